The van der Waals surface area contributed by atoms with E-state index in [4.69, 9.17) is 4.74 Å². The molecule has 4 aromatic rings. The van der Waals surface area contributed by atoms with Gasteiger partial charge in [-0.2, -0.15) is 10.2 Å². The Morgan fingerprint density at radius 2 is 1.74 bits per heavy atom. The molecule has 3 aromatic carbocycles. The van der Waals surface area contributed by atoms with Crippen LogP contribution in [0.25, 0.3) is 10.8 Å². The Morgan fingerprint density at radius 1 is 1.03 bits per heavy atom. The summed E-state index contributed by atoms with van der Waals surface area (Å²) in [6.45, 7) is 2.54. The summed E-state index contributed by atoms with van der Waals surface area (Å²) in [7, 11) is 0. The van der Waals surface area contributed by atoms with Gasteiger partial charge in [-0.3, -0.25) is 9.59 Å². The van der Waals surface area contributed by atoms with Gasteiger partial charge in [0.15, 0.2) is 5.69 Å². The van der Waals surface area contributed by atoms with Crippen molar-refractivity contribution in [1.29, 1.82) is 0 Å². The van der Waals surface area contributed by atoms with Gasteiger partial charge in [0, 0.05) is 5.39 Å². The van der Waals surface area contributed by atoms with Crippen molar-refractivity contribution in [2.45, 2.75) is 13.5 Å². The largest absolute Gasteiger partial charge is 0.489 e. The average Bonchev–Trinajstić information content (AvgIpc) is 2.80. The lowest BCUT2D eigenvalue weighted by Crippen LogP contribution is -2.22. The second-order valence-electron chi connectivity index (χ2n) is 6.99. The van der Waals surface area contributed by atoms with E-state index in [2.05, 4.69) is 32.9 Å². The second kappa shape index (κ2) is 9.04. The van der Waals surface area contributed by atoms with Gasteiger partial charge in [-0.1, -0.05) is 48.0 Å². The Bertz CT molecular complexity index is 1290. The number of carbonyl (C=O) groups excluding carboxylic acids is 1. The number of carbonyl (C=O) groups is 1. The van der Waals surface area contributed by atoms with Crippen LogP contribution in [0, 0.1) is 6.92 Å². The molecule has 1 aromatic heterocycles. The van der Waals surface area contributed by atoms with Crippen LogP contribution in [0.1, 0.15) is 27.2 Å². The van der Waals surface area contributed by atoms with Gasteiger partial charge < -0.3 is 4.74 Å². The lowest BCUT2D eigenvalue weighted by Gasteiger charge is -2.07. The number of benzene rings is 3. The molecule has 0 radical (unpaired) electrons. The molecule has 0 aliphatic carbocycles. The maximum absolute atomic E-state index is 12.4. The van der Waals surface area contributed by atoms with Crippen molar-refractivity contribution in [2.24, 2.45) is 5.10 Å². The van der Waals surface area contributed by atoms with Gasteiger partial charge in [0.1, 0.15) is 12.4 Å². The zero-order chi connectivity index (χ0) is 21.6. The minimum Gasteiger partial charge on any atom is -0.489 e. The third kappa shape index (κ3) is 4.84. The minimum atomic E-state index is -0.512. The van der Waals surface area contributed by atoms with Crippen LogP contribution < -0.4 is 15.7 Å². The van der Waals surface area contributed by atoms with Gasteiger partial charge >= 0.3 is 0 Å². The second-order valence-corrected chi connectivity index (χ2v) is 6.99. The van der Waals surface area contributed by atoms with Crippen molar-refractivity contribution in [2.75, 3.05) is 0 Å². The van der Waals surface area contributed by atoms with Gasteiger partial charge in [0.2, 0.25) is 0 Å². The van der Waals surface area contributed by atoms with Crippen LogP contribution in [0.2, 0.25) is 0 Å². The standard InChI is InChI=1S/C24H20N4O3/c1-16-6-8-18(9-7-16)15-31-19-12-10-17(11-13-19)14-25-27-24(30)22-20-4-2-3-5-21(20)23(29)28-26-22/h2-14H,15H2,1H3,(H,27,30)(H,28,29)/b25-14-. The molecule has 0 atom stereocenters. The first-order valence-corrected chi connectivity index (χ1v) is 9.69. The van der Waals surface area contributed by atoms with Crippen LogP contribution in [-0.2, 0) is 6.61 Å². The molecule has 0 aliphatic rings. The predicted octanol–water partition coefficient (Wildman–Crippen LogP) is 3.57. The van der Waals surface area contributed by atoms with Gasteiger partial charge in [0.25, 0.3) is 11.5 Å². The fourth-order valence-corrected chi connectivity index (χ4v) is 3.01. The molecule has 1 heterocycles. The lowest BCUT2D eigenvalue weighted by molar-refractivity contribution is 0.0951. The van der Waals surface area contributed by atoms with E-state index in [1.807, 2.05) is 43.3 Å². The quantitative estimate of drug-likeness (QED) is 0.374. The predicted molar refractivity (Wildman–Crippen MR) is 119 cm³/mol. The topological polar surface area (TPSA) is 96.4 Å². The molecule has 0 saturated heterocycles. The maximum Gasteiger partial charge on any atom is 0.292 e. The van der Waals surface area contributed by atoms with E-state index in [9.17, 15) is 9.59 Å². The Balaban J connectivity index is 1.37. The summed E-state index contributed by atoms with van der Waals surface area (Å²) < 4.78 is 5.79. The summed E-state index contributed by atoms with van der Waals surface area (Å²) >= 11 is 0. The number of aromatic amines is 1. The maximum atomic E-state index is 12.4. The van der Waals surface area contributed by atoms with E-state index in [-0.39, 0.29) is 11.3 Å². The highest BCUT2D eigenvalue weighted by Crippen LogP contribution is 2.14. The van der Waals surface area contributed by atoms with Gasteiger partial charge in [-0.05, 0) is 48.4 Å². The molecule has 0 bridgehead atoms. The summed E-state index contributed by atoms with van der Waals surface area (Å²) in [4.78, 5) is 24.3. The van der Waals surface area contributed by atoms with Crippen LogP contribution in [0.4, 0.5) is 0 Å². The highest BCUT2D eigenvalue weighted by atomic mass is 16.5. The smallest absolute Gasteiger partial charge is 0.292 e. The number of hydrogen-bond acceptors (Lipinski definition) is 5. The fraction of sp³-hybridized carbons (Fsp3) is 0.0833. The molecule has 0 saturated carbocycles. The van der Waals surface area contributed by atoms with Crippen molar-refractivity contribution in [1.82, 2.24) is 15.6 Å². The summed E-state index contributed by atoms with van der Waals surface area (Å²) in [5, 5.41) is 11.0. The van der Waals surface area contributed by atoms with E-state index in [1.54, 1.807) is 24.3 Å². The number of rotatable bonds is 6. The van der Waals surface area contributed by atoms with Crippen LogP contribution in [0.5, 0.6) is 5.75 Å². The molecule has 0 spiro atoms. The molecule has 0 unspecified atom stereocenters. The first-order valence-electron chi connectivity index (χ1n) is 9.69. The molecule has 1 amide bonds. The molecule has 0 aliphatic heterocycles. The minimum absolute atomic E-state index is 0.104. The van der Waals surface area contributed by atoms with Crippen LogP contribution in [0.3, 0.4) is 0 Å². The van der Waals surface area contributed by atoms with Crippen molar-refractivity contribution in [3.63, 3.8) is 0 Å². The van der Waals surface area contributed by atoms with Crippen molar-refractivity contribution in [3.05, 3.63) is 106 Å². The van der Waals surface area contributed by atoms with Crippen LogP contribution in [0.15, 0.2) is 82.7 Å². The zero-order valence-corrected chi connectivity index (χ0v) is 16.8. The van der Waals surface area contributed by atoms with E-state index < -0.39 is 5.91 Å². The number of H-pyrrole nitrogens is 1. The van der Waals surface area contributed by atoms with E-state index in [1.165, 1.54) is 11.8 Å². The monoisotopic (exact) mass is 412 g/mol. The van der Waals surface area contributed by atoms with Crippen molar-refractivity contribution >= 4 is 22.9 Å². The Hall–Kier alpha value is -4.26. The SMILES string of the molecule is Cc1ccc(COc2ccc(/C=N\NC(=O)c3n[nH]c(=O)c4ccccc34)cc2)cc1. The fourth-order valence-electron chi connectivity index (χ4n) is 3.01. The highest BCUT2D eigenvalue weighted by molar-refractivity contribution is 6.04. The molecular formula is C24H20N4O3. The Kier molecular flexibility index (Phi) is 5.84. The van der Waals surface area contributed by atoms with Crippen molar-refractivity contribution in [3.8, 4) is 5.75 Å². The van der Waals surface area contributed by atoms with Crippen molar-refractivity contribution < 1.29 is 9.53 Å². The normalized spacial score (nSPS) is 11.0. The van der Waals surface area contributed by atoms with E-state index in [0.29, 0.717) is 17.4 Å². The number of aromatic nitrogens is 2. The first kappa shape index (κ1) is 20.0. The zero-order valence-electron chi connectivity index (χ0n) is 16.8. The number of nitrogens with zero attached hydrogens (tertiary/aromatic N) is 2. The van der Waals surface area contributed by atoms with Gasteiger partial charge in [0.05, 0.1) is 11.6 Å². The molecule has 4 rings (SSSR count). The van der Waals surface area contributed by atoms with Gasteiger partial charge in [-0.25, -0.2) is 10.5 Å². The molecule has 7 heteroatoms. The summed E-state index contributed by atoms with van der Waals surface area (Å²) in [5.74, 6) is 0.229. The molecule has 0 fully saturated rings. The van der Waals surface area contributed by atoms with Gasteiger partial charge in [-0.15, -0.1) is 0 Å². The Morgan fingerprint density at radius 3 is 2.48 bits per heavy atom. The van der Waals surface area contributed by atoms with Crippen LogP contribution >= 0.6 is 0 Å². The van der Waals surface area contributed by atoms with Crippen LogP contribution in [-0.4, -0.2) is 22.3 Å². The van der Waals surface area contributed by atoms with E-state index in [0.717, 1.165) is 16.9 Å². The summed E-state index contributed by atoms with van der Waals surface area (Å²) in [6.07, 6.45) is 1.52. The molecular weight excluding hydrogens is 392 g/mol. The third-order valence-electron chi connectivity index (χ3n) is 4.70. The number of hydrazone groups is 1. The molecule has 154 valence electrons. The Labute approximate surface area is 178 Å². The molecule has 7 nitrogen and oxygen atoms in total. The number of amides is 1. The number of ether oxygens (including phenoxy) is 1. The average molecular weight is 412 g/mol. The number of fused-ring (bicyclic) bond motifs is 1. The number of nitrogens with one attached hydrogen (secondary N) is 2. The molecule has 31 heavy (non-hydrogen) atoms. The highest BCUT2D eigenvalue weighted by Gasteiger charge is 2.13. The number of hydrogen-bond donors (Lipinski definition) is 2. The summed E-state index contributed by atoms with van der Waals surface area (Å²) in [5.41, 5.74) is 5.30. The summed E-state index contributed by atoms with van der Waals surface area (Å²) in [6, 6.07) is 22.3. The number of aryl methyl sites for hydroxylation is 1. The van der Waals surface area contributed by atoms with E-state index >= 15 is 0 Å². The first-order chi connectivity index (χ1) is 15.1. The third-order valence-corrected chi connectivity index (χ3v) is 4.70. The lowest BCUT2D eigenvalue weighted by atomic mass is 10.1. The molecule has 2 N–H and O–H groups in total.